The summed E-state index contributed by atoms with van der Waals surface area (Å²) in [6.07, 6.45) is 3.46. The minimum Gasteiger partial charge on any atom is -0.336 e. The third-order valence-electron chi connectivity index (χ3n) is 6.33. The highest BCUT2D eigenvalue weighted by atomic mass is 19.1. The number of likely N-dealkylation sites (N-methyl/N-ethyl adjacent to an activating group) is 1. The first-order valence-electron chi connectivity index (χ1n) is 11.9. The Morgan fingerprint density at radius 2 is 1.81 bits per heavy atom. The van der Waals surface area contributed by atoms with Gasteiger partial charge >= 0.3 is 0 Å². The number of aromatic amines is 2. The topological polar surface area (TPSA) is 112 Å². The zero-order valence-electron chi connectivity index (χ0n) is 20.4. The van der Waals surface area contributed by atoms with Crippen LogP contribution in [0, 0.1) is 5.82 Å². The van der Waals surface area contributed by atoms with Gasteiger partial charge in [0.05, 0.1) is 22.4 Å². The zero-order valence-corrected chi connectivity index (χ0v) is 20.4. The van der Waals surface area contributed by atoms with Crippen LogP contribution in [0.3, 0.4) is 0 Å². The van der Waals surface area contributed by atoms with Crippen LogP contribution in [0.15, 0.2) is 73.1 Å². The van der Waals surface area contributed by atoms with E-state index in [1.54, 1.807) is 12.4 Å². The largest absolute Gasteiger partial charge is 0.336 e. The number of imidazole rings is 1. The van der Waals surface area contributed by atoms with Crippen molar-refractivity contribution in [2.24, 2.45) is 5.73 Å². The molecular weight excluding hydrogens is 467 g/mol. The predicted molar refractivity (Wildman–Crippen MR) is 143 cm³/mol. The lowest BCUT2D eigenvalue weighted by Gasteiger charge is -2.18. The molecule has 37 heavy (non-hydrogen) atoms. The second-order valence-corrected chi connectivity index (χ2v) is 9.33. The van der Waals surface area contributed by atoms with Gasteiger partial charge in [-0.25, -0.2) is 9.37 Å². The number of H-pyrrole nitrogens is 2. The number of benzene rings is 2. The summed E-state index contributed by atoms with van der Waals surface area (Å²) in [5.41, 5.74) is 13.1. The predicted octanol–water partition coefficient (Wildman–Crippen LogP) is 4.93. The zero-order chi connectivity index (χ0) is 25.5. The van der Waals surface area contributed by atoms with Gasteiger partial charge in [0.1, 0.15) is 17.0 Å². The lowest BCUT2D eigenvalue weighted by Crippen LogP contribution is -2.26. The number of fused-ring (bicyclic) bond motifs is 2. The first kappa shape index (κ1) is 23.0. The Bertz CT molecular complexity index is 1720. The molecule has 0 saturated heterocycles. The summed E-state index contributed by atoms with van der Waals surface area (Å²) in [7, 11) is 3.87. The fourth-order valence-electron chi connectivity index (χ4n) is 4.61. The average molecular weight is 493 g/mol. The molecule has 2 aromatic carbocycles. The maximum absolute atomic E-state index is 14.6. The molecule has 1 unspecified atom stereocenters. The van der Waals surface area contributed by atoms with Gasteiger partial charge in [-0.3, -0.25) is 15.1 Å². The van der Waals surface area contributed by atoms with Crippen LogP contribution < -0.4 is 5.73 Å². The Kier molecular flexibility index (Phi) is 5.71. The van der Waals surface area contributed by atoms with E-state index in [-0.39, 0.29) is 11.9 Å². The Balaban J connectivity index is 1.45. The highest BCUT2D eigenvalue weighted by Gasteiger charge is 2.18. The van der Waals surface area contributed by atoms with Crippen molar-refractivity contribution >= 4 is 21.9 Å². The fourth-order valence-corrected chi connectivity index (χ4v) is 4.61. The first-order chi connectivity index (χ1) is 18.0. The minimum absolute atomic E-state index is 0.331. The van der Waals surface area contributed by atoms with E-state index in [1.807, 2.05) is 67.5 Å². The lowest BCUT2D eigenvalue weighted by molar-refractivity contribution is 0.376. The number of nitrogens with two attached hydrogens (primary N) is 1. The summed E-state index contributed by atoms with van der Waals surface area (Å²) in [5, 5.41) is 8.54. The Hall–Kier alpha value is -4.47. The Morgan fingerprint density at radius 3 is 2.62 bits per heavy atom. The van der Waals surface area contributed by atoms with E-state index in [9.17, 15) is 4.39 Å². The van der Waals surface area contributed by atoms with Gasteiger partial charge in [0, 0.05) is 41.5 Å². The van der Waals surface area contributed by atoms with Crippen LogP contribution in [0.25, 0.3) is 56.0 Å². The second kappa shape index (κ2) is 9.20. The van der Waals surface area contributed by atoms with Gasteiger partial charge in [0.25, 0.3) is 0 Å². The molecule has 0 saturated carbocycles. The van der Waals surface area contributed by atoms with Crippen molar-refractivity contribution in [1.82, 2.24) is 35.0 Å². The van der Waals surface area contributed by atoms with E-state index in [4.69, 9.17) is 10.7 Å². The number of pyridine rings is 2. The number of hydrogen-bond donors (Lipinski definition) is 3. The van der Waals surface area contributed by atoms with Crippen molar-refractivity contribution in [1.29, 1.82) is 0 Å². The van der Waals surface area contributed by atoms with E-state index in [2.05, 4.69) is 25.1 Å². The van der Waals surface area contributed by atoms with Crippen molar-refractivity contribution in [3.63, 3.8) is 0 Å². The molecule has 6 aromatic rings. The van der Waals surface area contributed by atoms with Crippen LogP contribution in [0.2, 0.25) is 0 Å². The number of aromatic nitrogens is 6. The Labute approximate surface area is 212 Å². The monoisotopic (exact) mass is 492 g/mol. The smallest absolute Gasteiger partial charge is 0.159 e. The van der Waals surface area contributed by atoms with Crippen molar-refractivity contribution in [2.75, 3.05) is 20.6 Å². The lowest BCUT2D eigenvalue weighted by atomic mass is 10.0. The maximum atomic E-state index is 14.6. The molecule has 4 N–H and O–H groups in total. The van der Waals surface area contributed by atoms with Gasteiger partial charge in [-0.2, -0.15) is 5.10 Å². The molecule has 9 heteroatoms. The van der Waals surface area contributed by atoms with Crippen LogP contribution in [0.1, 0.15) is 11.6 Å². The molecule has 0 bridgehead atoms. The van der Waals surface area contributed by atoms with Crippen LogP contribution >= 0.6 is 0 Å². The van der Waals surface area contributed by atoms with Crippen LogP contribution in [0.4, 0.5) is 4.39 Å². The average Bonchev–Trinajstić information content (AvgIpc) is 3.52. The van der Waals surface area contributed by atoms with Gasteiger partial charge in [0.15, 0.2) is 5.82 Å². The fraction of sp³-hybridized carbons (Fsp3) is 0.143. The summed E-state index contributed by atoms with van der Waals surface area (Å²) in [5.74, 6) is 0.228. The molecule has 184 valence electrons. The van der Waals surface area contributed by atoms with Gasteiger partial charge in [0.2, 0.25) is 0 Å². The number of halogens is 1. The SMILES string of the molecule is CN(C)CC(N)c1cc(F)cc(-c2nccc3[nH]c(-c4n[nH]c5ccc(-c6ccccn6)cc45)nc23)c1. The van der Waals surface area contributed by atoms with Gasteiger partial charge in [-0.15, -0.1) is 0 Å². The van der Waals surface area contributed by atoms with E-state index >= 15 is 0 Å². The molecule has 0 spiro atoms. The molecule has 8 nitrogen and oxygen atoms in total. The van der Waals surface area contributed by atoms with E-state index < -0.39 is 0 Å². The van der Waals surface area contributed by atoms with E-state index in [0.29, 0.717) is 40.4 Å². The third-order valence-corrected chi connectivity index (χ3v) is 6.33. The molecule has 0 aliphatic heterocycles. The van der Waals surface area contributed by atoms with Crippen molar-refractivity contribution in [2.45, 2.75) is 6.04 Å². The number of hydrogen-bond acceptors (Lipinski definition) is 6. The first-order valence-corrected chi connectivity index (χ1v) is 11.9. The normalized spacial score (nSPS) is 12.6. The standard InChI is InChI=1S/C28H25FN8/c1-37(2)15-21(30)17-11-18(13-19(29)12-17)25-27-24(8-10-32-25)33-28(34-27)26-20-14-16(6-7-23(20)35-36-26)22-5-3-4-9-31-22/h3-14,21H,15,30H2,1-2H3,(H,33,34)(H,35,36). The number of nitrogens with zero attached hydrogens (tertiary/aromatic N) is 5. The molecule has 6 rings (SSSR count). The van der Waals surface area contributed by atoms with Gasteiger partial charge < -0.3 is 15.6 Å². The molecule has 0 fully saturated rings. The summed E-state index contributed by atoms with van der Waals surface area (Å²) in [6, 6.07) is 18.2. The molecule has 1 atom stereocenters. The summed E-state index contributed by atoms with van der Waals surface area (Å²) in [6.45, 7) is 0.597. The molecule has 4 heterocycles. The quantitative estimate of drug-likeness (QED) is 0.304. The van der Waals surface area contributed by atoms with E-state index in [1.165, 1.54) is 12.1 Å². The van der Waals surface area contributed by atoms with Crippen LogP contribution in [-0.2, 0) is 0 Å². The van der Waals surface area contributed by atoms with E-state index in [0.717, 1.165) is 27.7 Å². The second-order valence-electron chi connectivity index (χ2n) is 9.33. The molecule has 0 aliphatic rings. The molecule has 0 radical (unpaired) electrons. The molecule has 0 amide bonds. The van der Waals surface area contributed by atoms with Crippen molar-refractivity contribution in [3.8, 4) is 34.0 Å². The Morgan fingerprint density at radius 1 is 0.919 bits per heavy atom. The summed E-state index contributed by atoms with van der Waals surface area (Å²) < 4.78 is 14.6. The summed E-state index contributed by atoms with van der Waals surface area (Å²) >= 11 is 0. The van der Waals surface area contributed by atoms with Crippen LogP contribution in [-0.4, -0.2) is 55.7 Å². The van der Waals surface area contributed by atoms with Gasteiger partial charge in [-0.1, -0.05) is 12.1 Å². The highest BCUT2D eigenvalue weighted by molar-refractivity contribution is 5.97. The minimum atomic E-state index is -0.364. The van der Waals surface area contributed by atoms with Gasteiger partial charge in [-0.05, 0) is 68.2 Å². The summed E-state index contributed by atoms with van der Waals surface area (Å²) in [4.78, 5) is 19.2. The maximum Gasteiger partial charge on any atom is 0.159 e. The molecule has 0 aliphatic carbocycles. The third kappa shape index (κ3) is 4.35. The van der Waals surface area contributed by atoms with Crippen molar-refractivity contribution < 1.29 is 4.39 Å². The van der Waals surface area contributed by atoms with Crippen LogP contribution in [0.5, 0.6) is 0 Å². The van der Waals surface area contributed by atoms with Crippen molar-refractivity contribution in [3.05, 3.63) is 84.4 Å². The molecular formula is C28H25FN8. The molecule has 4 aromatic heterocycles. The number of rotatable bonds is 6. The highest BCUT2D eigenvalue weighted by Crippen LogP contribution is 2.33. The number of nitrogens with one attached hydrogen (secondary N) is 2.